The lowest BCUT2D eigenvalue weighted by Gasteiger charge is -2.07. The SMILES string of the molecule is O=[N+]([O-])c1ccc(Cl)c(S(=O)(=O)NCCC2CC2)c1. The monoisotopic (exact) mass is 304 g/mol. The third kappa shape index (κ3) is 3.65. The molecular formula is C11H13ClN2O4S. The molecule has 0 radical (unpaired) electrons. The Balaban J connectivity index is 2.17. The molecule has 1 saturated carbocycles. The van der Waals surface area contributed by atoms with Crippen molar-refractivity contribution in [1.82, 2.24) is 4.72 Å². The van der Waals surface area contributed by atoms with Gasteiger partial charge in [0, 0.05) is 18.7 Å². The van der Waals surface area contributed by atoms with Crippen LogP contribution in [-0.2, 0) is 10.0 Å². The van der Waals surface area contributed by atoms with E-state index in [2.05, 4.69) is 4.72 Å². The zero-order valence-electron chi connectivity index (χ0n) is 10.0. The summed E-state index contributed by atoms with van der Waals surface area (Å²) in [6.45, 7) is 0.325. The lowest BCUT2D eigenvalue weighted by molar-refractivity contribution is -0.385. The average molecular weight is 305 g/mol. The highest BCUT2D eigenvalue weighted by Crippen LogP contribution is 2.32. The van der Waals surface area contributed by atoms with E-state index < -0.39 is 14.9 Å². The second-order valence-electron chi connectivity index (χ2n) is 4.50. The van der Waals surface area contributed by atoms with Gasteiger partial charge in [0.05, 0.1) is 9.95 Å². The number of benzene rings is 1. The van der Waals surface area contributed by atoms with Crippen LogP contribution in [0.3, 0.4) is 0 Å². The van der Waals surface area contributed by atoms with Crippen molar-refractivity contribution >= 4 is 27.3 Å². The summed E-state index contributed by atoms with van der Waals surface area (Å²) in [6, 6.07) is 3.36. The van der Waals surface area contributed by atoms with E-state index in [-0.39, 0.29) is 15.6 Å². The molecular weight excluding hydrogens is 292 g/mol. The molecule has 0 amide bonds. The van der Waals surface area contributed by atoms with E-state index in [0.717, 1.165) is 25.3 Å². The Morgan fingerprint density at radius 1 is 1.42 bits per heavy atom. The molecule has 1 aromatic carbocycles. The van der Waals surface area contributed by atoms with Gasteiger partial charge in [0.15, 0.2) is 0 Å². The molecule has 104 valence electrons. The highest BCUT2D eigenvalue weighted by molar-refractivity contribution is 7.89. The first-order valence-corrected chi connectivity index (χ1v) is 7.70. The standard InChI is InChI=1S/C11H13ClN2O4S/c12-10-4-3-9(14(15)16)7-11(10)19(17,18)13-6-5-8-1-2-8/h3-4,7-8,13H,1-2,5-6H2. The number of hydrogen-bond donors (Lipinski definition) is 1. The minimum atomic E-state index is -3.80. The van der Waals surface area contributed by atoms with Crippen molar-refractivity contribution in [3.8, 4) is 0 Å². The second-order valence-corrected chi connectivity index (χ2v) is 6.64. The Hall–Kier alpha value is -1.18. The maximum Gasteiger partial charge on any atom is 0.270 e. The highest BCUT2D eigenvalue weighted by atomic mass is 35.5. The number of halogens is 1. The van der Waals surface area contributed by atoms with E-state index >= 15 is 0 Å². The van der Waals surface area contributed by atoms with Gasteiger partial charge in [-0.25, -0.2) is 13.1 Å². The fraction of sp³-hybridized carbons (Fsp3) is 0.455. The molecule has 1 fully saturated rings. The third-order valence-corrected chi connectivity index (χ3v) is 4.90. The summed E-state index contributed by atoms with van der Waals surface area (Å²) in [5.41, 5.74) is -0.299. The van der Waals surface area contributed by atoms with E-state index in [9.17, 15) is 18.5 Å². The first-order chi connectivity index (χ1) is 8.90. The molecule has 0 unspecified atom stereocenters. The predicted octanol–water partition coefficient (Wildman–Crippen LogP) is 2.33. The van der Waals surface area contributed by atoms with E-state index in [0.29, 0.717) is 12.5 Å². The largest absolute Gasteiger partial charge is 0.270 e. The number of rotatable bonds is 6. The smallest absolute Gasteiger partial charge is 0.258 e. The lowest BCUT2D eigenvalue weighted by atomic mass is 10.3. The van der Waals surface area contributed by atoms with Crippen LogP contribution in [0.1, 0.15) is 19.3 Å². The normalized spacial score (nSPS) is 15.4. The van der Waals surface area contributed by atoms with E-state index in [4.69, 9.17) is 11.6 Å². The summed E-state index contributed by atoms with van der Waals surface area (Å²) < 4.78 is 26.4. The van der Waals surface area contributed by atoms with Crippen LogP contribution in [-0.4, -0.2) is 19.9 Å². The lowest BCUT2D eigenvalue weighted by Crippen LogP contribution is -2.25. The van der Waals surface area contributed by atoms with Crippen molar-refractivity contribution in [3.63, 3.8) is 0 Å². The minimum absolute atomic E-state index is 0.0236. The van der Waals surface area contributed by atoms with E-state index in [1.54, 1.807) is 0 Å². The third-order valence-electron chi connectivity index (χ3n) is 2.96. The molecule has 0 aliphatic heterocycles. The van der Waals surface area contributed by atoms with Gasteiger partial charge in [-0.05, 0) is 18.4 Å². The quantitative estimate of drug-likeness (QED) is 0.645. The number of non-ortho nitro benzene ring substituents is 1. The van der Waals surface area contributed by atoms with Gasteiger partial charge in [-0.3, -0.25) is 10.1 Å². The summed E-state index contributed by atoms with van der Waals surface area (Å²) in [5, 5.41) is 10.6. The predicted molar refractivity (Wildman–Crippen MR) is 70.6 cm³/mol. The van der Waals surface area contributed by atoms with Gasteiger partial charge in [0.1, 0.15) is 4.90 Å². The van der Waals surface area contributed by atoms with Crippen LogP contribution in [0.15, 0.2) is 23.1 Å². The Labute approximate surface area is 116 Å². The van der Waals surface area contributed by atoms with Crippen LogP contribution in [0.5, 0.6) is 0 Å². The molecule has 1 aliphatic rings. The Morgan fingerprint density at radius 2 is 2.11 bits per heavy atom. The van der Waals surface area contributed by atoms with E-state index in [1.807, 2.05) is 0 Å². The molecule has 1 aliphatic carbocycles. The van der Waals surface area contributed by atoms with Crippen molar-refractivity contribution in [1.29, 1.82) is 0 Å². The minimum Gasteiger partial charge on any atom is -0.258 e. The summed E-state index contributed by atoms with van der Waals surface area (Å²) in [5.74, 6) is 0.600. The first-order valence-electron chi connectivity index (χ1n) is 5.84. The molecule has 0 saturated heterocycles. The molecule has 19 heavy (non-hydrogen) atoms. The topological polar surface area (TPSA) is 89.3 Å². The van der Waals surface area contributed by atoms with Gasteiger partial charge in [-0.2, -0.15) is 0 Å². The van der Waals surface area contributed by atoms with Crippen molar-refractivity contribution < 1.29 is 13.3 Å². The Morgan fingerprint density at radius 3 is 2.68 bits per heavy atom. The molecule has 6 nitrogen and oxygen atoms in total. The van der Waals surface area contributed by atoms with Gasteiger partial charge < -0.3 is 0 Å². The van der Waals surface area contributed by atoms with E-state index in [1.165, 1.54) is 12.1 Å². The van der Waals surface area contributed by atoms with Crippen LogP contribution in [0.4, 0.5) is 5.69 Å². The molecule has 1 N–H and O–H groups in total. The van der Waals surface area contributed by atoms with Gasteiger partial charge >= 0.3 is 0 Å². The van der Waals surface area contributed by atoms with Gasteiger partial charge in [0.25, 0.3) is 5.69 Å². The fourth-order valence-corrected chi connectivity index (χ4v) is 3.26. The first kappa shape index (κ1) is 14.2. The van der Waals surface area contributed by atoms with Gasteiger partial charge in [0.2, 0.25) is 10.0 Å². The number of nitro benzene ring substituents is 1. The van der Waals surface area contributed by atoms with Crippen LogP contribution < -0.4 is 4.72 Å². The zero-order chi connectivity index (χ0) is 14.0. The Kier molecular flexibility index (Phi) is 4.07. The molecule has 0 atom stereocenters. The number of nitro groups is 1. The number of hydrogen-bond acceptors (Lipinski definition) is 4. The van der Waals surface area contributed by atoms with Crippen molar-refractivity contribution in [2.45, 2.75) is 24.2 Å². The summed E-state index contributed by atoms with van der Waals surface area (Å²) in [6.07, 6.45) is 3.06. The van der Waals surface area contributed by atoms with Crippen molar-refractivity contribution in [2.24, 2.45) is 5.92 Å². The molecule has 8 heteroatoms. The molecule has 2 rings (SSSR count). The number of nitrogens with one attached hydrogen (secondary N) is 1. The van der Waals surface area contributed by atoms with Crippen LogP contribution in [0.25, 0.3) is 0 Å². The highest BCUT2D eigenvalue weighted by Gasteiger charge is 2.24. The summed E-state index contributed by atoms with van der Waals surface area (Å²) in [7, 11) is -3.80. The van der Waals surface area contributed by atoms with Gasteiger partial charge in [-0.15, -0.1) is 0 Å². The fourth-order valence-electron chi connectivity index (χ4n) is 1.69. The number of nitrogens with zero attached hydrogens (tertiary/aromatic N) is 1. The average Bonchev–Trinajstić information content (AvgIpc) is 3.12. The number of sulfonamides is 1. The van der Waals surface area contributed by atoms with Crippen LogP contribution in [0, 0.1) is 16.0 Å². The second kappa shape index (κ2) is 5.44. The van der Waals surface area contributed by atoms with Crippen LogP contribution in [0.2, 0.25) is 5.02 Å². The molecule has 0 heterocycles. The molecule has 0 spiro atoms. The van der Waals surface area contributed by atoms with Crippen molar-refractivity contribution in [3.05, 3.63) is 33.3 Å². The molecule has 0 aromatic heterocycles. The zero-order valence-corrected chi connectivity index (χ0v) is 11.6. The summed E-state index contributed by atoms with van der Waals surface area (Å²) >= 11 is 5.80. The molecule has 1 aromatic rings. The maximum absolute atomic E-state index is 12.0. The Bertz CT molecular complexity index is 599. The van der Waals surface area contributed by atoms with Crippen LogP contribution >= 0.6 is 11.6 Å². The molecule has 0 bridgehead atoms. The van der Waals surface area contributed by atoms with Crippen molar-refractivity contribution in [2.75, 3.05) is 6.54 Å². The maximum atomic E-state index is 12.0. The van der Waals surface area contributed by atoms with Gasteiger partial charge in [-0.1, -0.05) is 24.4 Å². The summed E-state index contributed by atoms with van der Waals surface area (Å²) in [4.78, 5) is 9.75.